The molecule has 2 aromatic rings. The number of nitrogens with zero attached hydrogens (tertiary/aromatic N) is 2. The molecule has 1 fully saturated rings. The molecule has 1 aliphatic rings. The van der Waals surface area contributed by atoms with E-state index in [1.54, 1.807) is 0 Å². The summed E-state index contributed by atoms with van der Waals surface area (Å²) in [7, 11) is -1.98. The molecule has 1 amide bonds. The molecule has 3 rings (SSSR count). The largest absolute Gasteiger partial charge is 0.392 e. The normalized spacial score (nSPS) is 18.7. The van der Waals surface area contributed by atoms with Gasteiger partial charge in [0.1, 0.15) is 6.10 Å². The highest BCUT2D eigenvalue weighted by molar-refractivity contribution is 7.91. The van der Waals surface area contributed by atoms with Gasteiger partial charge in [0.25, 0.3) is 5.91 Å². The van der Waals surface area contributed by atoms with Crippen LogP contribution < -0.4 is 5.32 Å². The summed E-state index contributed by atoms with van der Waals surface area (Å²) >= 11 is 0.681. The van der Waals surface area contributed by atoms with Crippen molar-refractivity contribution in [3.05, 3.63) is 41.2 Å². The van der Waals surface area contributed by atoms with E-state index in [1.807, 2.05) is 6.92 Å². The molecule has 1 aromatic carbocycles. The van der Waals surface area contributed by atoms with Crippen LogP contribution in [-0.4, -0.2) is 63.3 Å². The first-order chi connectivity index (χ1) is 16.3. The van der Waals surface area contributed by atoms with Gasteiger partial charge < -0.3 is 14.3 Å². The number of rotatable bonds is 12. The van der Waals surface area contributed by atoms with E-state index in [9.17, 15) is 17.6 Å². The lowest BCUT2D eigenvalue weighted by Gasteiger charge is -2.12. The fourth-order valence-corrected chi connectivity index (χ4v) is 5.36. The summed E-state index contributed by atoms with van der Waals surface area (Å²) in [6, 6.07) is 5.82. The smallest absolute Gasteiger partial charge is 0.280 e. The van der Waals surface area contributed by atoms with E-state index in [0.29, 0.717) is 43.0 Å². The standard InChI is InChI=1S/C22H28FN3O6S2/c1-3-31-16-7-8-17(13-16)32-26-20(21(27)25-22-24-14-19(23)33-22)15-5-9-18(10-6-15)34(28,29)12-4-11-30-2/h5-6,9-10,14,16-17H,3-4,7-8,11-13H2,1-2H3,(H,24,25,27)/b26-20+/t16-,17-/m1/s1. The Morgan fingerprint density at radius 2 is 2.00 bits per heavy atom. The monoisotopic (exact) mass is 513 g/mol. The molecule has 1 saturated carbocycles. The van der Waals surface area contributed by atoms with Crippen molar-refractivity contribution in [2.24, 2.45) is 5.16 Å². The minimum Gasteiger partial charge on any atom is -0.392 e. The maximum Gasteiger partial charge on any atom is 0.280 e. The quantitative estimate of drug-likeness (QED) is 0.263. The number of nitrogens with one attached hydrogen (secondary N) is 1. The summed E-state index contributed by atoms with van der Waals surface area (Å²) in [5.41, 5.74) is 0.281. The van der Waals surface area contributed by atoms with Gasteiger partial charge in [0.15, 0.2) is 25.8 Å². The van der Waals surface area contributed by atoms with E-state index in [2.05, 4.69) is 15.5 Å². The zero-order valence-corrected chi connectivity index (χ0v) is 20.7. The number of thiazole rings is 1. The summed E-state index contributed by atoms with van der Waals surface area (Å²) in [4.78, 5) is 22.5. The maximum atomic E-state index is 13.3. The van der Waals surface area contributed by atoms with Gasteiger partial charge in [0.05, 0.1) is 22.9 Å². The third kappa shape index (κ3) is 7.29. The van der Waals surface area contributed by atoms with Gasteiger partial charge in [0.2, 0.25) is 0 Å². The van der Waals surface area contributed by atoms with Gasteiger partial charge in [-0.05, 0) is 38.3 Å². The number of amides is 1. The summed E-state index contributed by atoms with van der Waals surface area (Å²) in [6.45, 7) is 2.88. The summed E-state index contributed by atoms with van der Waals surface area (Å²) in [5, 5.41) is 6.13. The van der Waals surface area contributed by atoms with E-state index < -0.39 is 20.9 Å². The third-order valence-electron chi connectivity index (χ3n) is 5.19. The highest BCUT2D eigenvalue weighted by Crippen LogP contribution is 2.25. The molecular formula is C22H28FN3O6S2. The lowest BCUT2D eigenvalue weighted by molar-refractivity contribution is -0.110. The molecule has 12 heteroatoms. The Kier molecular flexibility index (Phi) is 9.51. The van der Waals surface area contributed by atoms with Gasteiger partial charge in [-0.2, -0.15) is 4.39 Å². The van der Waals surface area contributed by atoms with E-state index >= 15 is 0 Å². The van der Waals surface area contributed by atoms with Crippen LogP contribution in [0.25, 0.3) is 0 Å². The first kappa shape index (κ1) is 26.2. The first-order valence-electron chi connectivity index (χ1n) is 10.9. The molecule has 0 saturated heterocycles. The number of anilines is 1. The molecule has 0 unspecified atom stereocenters. The topological polar surface area (TPSA) is 116 Å². The number of benzene rings is 1. The molecule has 186 valence electrons. The van der Waals surface area contributed by atoms with Crippen molar-refractivity contribution in [1.29, 1.82) is 0 Å². The van der Waals surface area contributed by atoms with Gasteiger partial charge in [0, 0.05) is 32.3 Å². The lowest BCUT2D eigenvalue weighted by atomic mass is 10.1. The van der Waals surface area contributed by atoms with Gasteiger partial charge in [-0.25, -0.2) is 13.4 Å². The Morgan fingerprint density at radius 3 is 2.65 bits per heavy atom. The first-order valence-corrected chi connectivity index (χ1v) is 13.4. The van der Waals surface area contributed by atoms with Crippen LogP contribution in [0.5, 0.6) is 0 Å². The fraction of sp³-hybridized carbons (Fsp3) is 0.500. The number of ether oxygens (including phenoxy) is 2. The van der Waals surface area contributed by atoms with Crippen LogP contribution in [0.2, 0.25) is 0 Å². The van der Waals surface area contributed by atoms with Gasteiger partial charge in [-0.15, -0.1) is 0 Å². The minimum atomic E-state index is -3.49. The Balaban J connectivity index is 1.79. The molecule has 0 radical (unpaired) electrons. The molecule has 1 heterocycles. The Hall–Kier alpha value is -2.41. The molecular weight excluding hydrogens is 485 g/mol. The second-order valence-corrected chi connectivity index (χ2v) is 10.8. The molecule has 0 spiro atoms. The van der Waals surface area contributed by atoms with Crippen molar-refractivity contribution in [3.63, 3.8) is 0 Å². The van der Waals surface area contributed by atoms with Crippen molar-refractivity contribution < 1.29 is 31.9 Å². The van der Waals surface area contributed by atoms with E-state index in [4.69, 9.17) is 14.3 Å². The molecule has 2 atom stereocenters. The highest BCUT2D eigenvalue weighted by atomic mass is 32.2. The van der Waals surface area contributed by atoms with Gasteiger partial charge in [-0.3, -0.25) is 10.1 Å². The zero-order valence-electron chi connectivity index (χ0n) is 19.0. The Morgan fingerprint density at radius 1 is 1.26 bits per heavy atom. The highest BCUT2D eigenvalue weighted by Gasteiger charge is 2.27. The molecule has 0 aliphatic heterocycles. The number of aromatic nitrogens is 1. The van der Waals surface area contributed by atoms with Crippen molar-refractivity contribution >= 4 is 37.9 Å². The summed E-state index contributed by atoms with van der Waals surface area (Å²) in [5.74, 6) is -0.701. The number of halogens is 1. The van der Waals surface area contributed by atoms with Crippen LogP contribution in [0.15, 0.2) is 40.5 Å². The van der Waals surface area contributed by atoms with Crippen LogP contribution in [0.3, 0.4) is 0 Å². The van der Waals surface area contributed by atoms with Gasteiger partial charge in [-0.1, -0.05) is 28.6 Å². The van der Waals surface area contributed by atoms with Crippen molar-refractivity contribution in [1.82, 2.24) is 4.98 Å². The van der Waals surface area contributed by atoms with E-state index in [0.717, 1.165) is 19.0 Å². The molecule has 1 aliphatic carbocycles. The predicted molar refractivity (Wildman–Crippen MR) is 126 cm³/mol. The van der Waals surface area contributed by atoms with E-state index in [-0.39, 0.29) is 33.7 Å². The number of sulfone groups is 1. The van der Waals surface area contributed by atoms with Crippen molar-refractivity contribution in [2.45, 2.75) is 49.7 Å². The Bertz CT molecular complexity index is 1090. The number of methoxy groups -OCH3 is 1. The predicted octanol–water partition coefficient (Wildman–Crippen LogP) is 3.41. The minimum absolute atomic E-state index is 0.0526. The second-order valence-electron chi connectivity index (χ2n) is 7.67. The average molecular weight is 514 g/mol. The third-order valence-corrected chi connectivity index (χ3v) is 7.71. The SMILES string of the molecule is CCO[C@@H]1CC[C@@H](O/N=C(/C(=O)Nc2ncc(F)s2)c2ccc(S(=O)(=O)CCCOC)cc2)C1. The number of hydrogen-bond donors (Lipinski definition) is 1. The zero-order chi connectivity index (χ0) is 24.6. The molecule has 34 heavy (non-hydrogen) atoms. The maximum absolute atomic E-state index is 13.3. The molecule has 0 bridgehead atoms. The van der Waals surface area contributed by atoms with Crippen LogP contribution in [0.4, 0.5) is 9.52 Å². The number of oxime groups is 1. The number of hydrogen-bond acceptors (Lipinski definition) is 9. The van der Waals surface area contributed by atoms with Crippen LogP contribution >= 0.6 is 11.3 Å². The average Bonchev–Trinajstić information content (AvgIpc) is 3.43. The van der Waals surface area contributed by atoms with Crippen molar-refractivity contribution in [3.8, 4) is 0 Å². The van der Waals surface area contributed by atoms with Crippen molar-refractivity contribution in [2.75, 3.05) is 31.4 Å². The van der Waals surface area contributed by atoms with Crippen LogP contribution in [0, 0.1) is 5.13 Å². The Labute approximate surface area is 202 Å². The second kappa shape index (κ2) is 12.3. The van der Waals surface area contributed by atoms with E-state index in [1.165, 1.54) is 31.4 Å². The molecule has 1 N–H and O–H groups in total. The summed E-state index contributed by atoms with van der Waals surface area (Å²) in [6.07, 6.45) is 3.48. The van der Waals surface area contributed by atoms with Crippen LogP contribution in [0.1, 0.15) is 38.2 Å². The fourth-order valence-electron chi connectivity index (χ4n) is 3.54. The van der Waals surface area contributed by atoms with Gasteiger partial charge >= 0.3 is 0 Å². The number of carbonyl (C=O) groups excluding carboxylic acids is 1. The lowest BCUT2D eigenvalue weighted by Crippen LogP contribution is -2.25. The number of carbonyl (C=O) groups is 1. The molecule has 1 aromatic heterocycles. The summed E-state index contributed by atoms with van der Waals surface area (Å²) < 4.78 is 48.8. The van der Waals surface area contributed by atoms with Crippen LogP contribution in [-0.2, 0) is 28.9 Å². The molecule has 9 nitrogen and oxygen atoms in total.